The zero-order valence-corrected chi connectivity index (χ0v) is 12.9. The smallest absolute Gasteiger partial charge is 0.257 e. The monoisotopic (exact) mass is 310 g/mol. The van der Waals surface area contributed by atoms with Crippen molar-refractivity contribution in [1.82, 2.24) is 20.2 Å². The first kappa shape index (κ1) is 13.7. The number of nitrogens with zero attached hydrogens (tertiary/aromatic N) is 1. The average Bonchev–Trinajstić information content (AvgIpc) is 3.31. The largest absolute Gasteiger partial charge is 0.310 e. The van der Waals surface area contributed by atoms with Crippen molar-refractivity contribution in [2.45, 2.75) is 56.1 Å². The summed E-state index contributed by atoms with van der Waals surface area (Å²) in [7, 11) is -3.48. The van der Waals surface area contributed by atoms with E-state index in [1.807, 2.05) is 0 Å². The second-order valence-electron chi connectivity index (χ2n) is 6.84. The number of rotatable bonds is 8. The Bertz CT molecular complexity index is 627. The normalized spacial score (nSPS) is 24.2. The molecule has 1 aromatic heterocycles. The first-order chi connectivity index (χ1) is 10.1. The van der Waals surface area contributed by atoms with Crippen molar-refractivity contribution >= 4 is 10.0 Å². The Labute approximate surface area is 125 Å². The molecule has 0 radical (unpaired) electrons. The van der Waals surface area contributed by atoms with Gasteiger partial charge in [-0.2, -0.15) is 5.10 Å². The third-order valence-electron chi connectivity index (χ3n) is 5.06. The number of aromatic nitrogens is 2. The Hall–Kier alpha value is -0.920. The summed E-state index contributed by atoms with van der Waals surface area (Å²) in [4.78, 5) is 0. The molecule has 3 fully saturated rings. The van der Waals surface area contributed by atoms with Crippen molar-refractivity contribution in [3.05, 3.63) is 11.8 Å². The maximum atomic E-state index is 12.5. The van der Waals surface area contributed by atoms with Crippen molar-refractivity contribution in [1.29, 1.82) is 0 Å². The van der Waals surface area contributed by atoms with Crippen molar-refractivity contribution in [2.75, 3.05) is 6.54 Å². The molecule has 7 heteroatoms. The molecule has 0 aliphatic heterocycles. The van der Waals surface area contributed by atoms with E-state index in [1.54, 1.807) is 6.20 Å². The van der Waals surface area contributed by atoms with Gasteiger partial charge in [0.05, 0.1) is 6.20 Å². The van der Waals surface area contributed by atoms with Gasteiger partial charge in [0.2, 0.25) is 0 Å². The van der Waals surface area contributed by atoms with Crippen LogP contribution in [-0.2, 0) is 16.6 Å². The van der Waals surface area contributed by atoms with Crippen LogP contribution in [0.5, 0.6) is 0 Å². The van der Waals surface area contributed by atoms with E-state index in [9.17, 15) is 8.42 Å². The number of aromatic amines is 1. The lowest BCUT2D eigenvalue weighted by atomic mass is 10.0. The number of hydrogen-bond acceptors (Lipinski definition) is 4. The topological polar surface area (TPSA) is 86.9 Å². The quantitative estimate of drug-likeness (QED) is 0.672. The number of hydrogen-bond donors (Lipinski definition) is 3. The predicted octanol–water partition coefficient (Wildman–Crippen LogP) is 1.13. The minimum absolute atomic E-state index is 0.224. The summed E-state index contributed by atoms with van der Waals surface area (Å²) in [6, 6.07) is 0.549. The minimum Gasteiger partial charge on any atom is -0.310 e. The van der Waals surface area contributed by atoms with E-state index >= 15 is 0 Å². The van der Waals surface area contributed by atoms with Gasteiger partial charge in [-0.25, -0.2) is 13.1 Å². The SMILES string of the molecule is O=S(=O)(NCC1(C2CC2)CC1)c1[nH]ncc1CNC1CC1. The molecule has 0 amide bonds. The third-order valence-corrected chi connectivity index (χ3v) is 6.47. The first-order valence-electron chi connectivity index (χ1n) is 7.84. The fraction of sp³-hybridized carbons (Fsp3) is 0.786. The molecule has 116 valence electrons. The summed E-state index contributed by atoms with van der Waals surface area (Å²) in [5.41, 5.74) is 0.991. The Morgan fingerprint density at radius 3 is 2.67 bits per heavy atom. The van der Waals surface area contributed by atoms with Crippen LogP contribution in [0.3, 0.4) is 0 Å². The van der Waals surface area contributed by atoms with Crippen LogP contribution in [0, 0.1) is 11.3 Å². The minimum atomic E-state index is -3.48. The fourth-order valence-corrected chi connectivity index (χ4v) is 4.36. The van der Waals surface area contributed by atoms with Crippen LogP contribution < -0.4 is 10.0 Å². The molecule has 3 N–H and O–H groups in total. The van der Waals surface area contributed by atoms with Crippen LogP contribution >= 0.6 is 0 Å². The van der Waals surface area contributed by atoms with Crippen LogP contribution in [0.25, 0.3) is 0 Å². The molecule has 6 nitrogen and oxygen atoms in total. The molecule has 0 atom stereocenters. The molecule has 0 aromatic carbocycles. The van der Waals surface area contributed by atoms with Crippen LogP contribution in [0.1, 0.15) is 44.1 Å². The molecule has 4 rings (SSSR count). The number of nitrogens with one attached hydrogen (secondary N) is 3. The van der Waals surface area contributed by atoms with Gasteiger partial charge in [0.1, 0.15) is 0 Å². The van der Waals surface area contributed by atoms with Gasteiger partial charge in [-0.05, 0) is 49.9 Å². The zero-order valence-electron chi connectivity index (χ0n) is 12.1. The molecule has 3 saturated carbocycles. The van der Waals surface area contributed by atoms with E-state index in [1.165, 1.54) is 38.5 Å². The van der Waals surface area contributed by atoms with Crippen LogP contribution in [0.15, 0.2) is 11.2 Å². The standard InChI is InChI=1S/C14H22N4O2S/c19-21(20,17-9-14(5-6-14)11-1-2-11)13-10(8-16-18-13)7-15-12-3-4-12/h8,11-12,15,17H,1-7,9H2,(H,16,18). The summed E-state index contributed by atoms with van der Waals surface area (Å²) in [6.07, 6.45) is 8.84. The van der Waals surface area contributed by atoms with E-state index in [0.717, 1.165) is 11.5 Å². The van der Waals surface area contributed by atoms with E-state index in [-0.39, 0.29) is 10.4 Å². The first-order valence-corrected chi connectivity index (χ1v) is 9.33. The Kier molecular flexibility index (Phi) is 3.13. The Morgan fingerprint density at radius 1 is 1.29 bits per heavy atom. The van der Waals surface area contributed by atoms with Gasteiger partial charge in [0.15, 0.2) is 5.03 Å². The lowest BCUT2D eigenvalue weighted by Gasteiger charge is -2.15. The van der Waals surface area contributed by atoms with E-state index in [0.29, 0.717) is 19.1 Å². The maximum Gasteiger partial charge on any atom is 0.257 e. The van der Waals surface area contributed by atoms with Gasteiger partial charge in [-0.1, -0.05) is 0 Å². The van der Waals surface area contributed by atoms with Crippen LogP contribution in [0.4, 0.5) is 0 Å². The summed E-state index contributed by atoms with van der Waals surface area (Å²) in [6.45, 7) is 1.14. The van der Waals surface area contributed by atoms with E-state index < -0.39 is 10.0 Å². The molecule has 0 saturated heterocycles. The van der Waals surface area contributed by atoms with Crippen LogP contribution in [-0.4, -0.2) is 31.2 Å². The molecule has 3 aliphatic rings. The zero-order chi connectivity index (χ0) is 14.5. The van der Waals surface area contributed by atoms with E-state index in [2.05, 4.69) is 20.2 Å². The summed E-state index contributed by atoms with van der Waals surface area (Å²) >= 11 is 0. The van der Waals surface area contributed by atoms with Crippen LogP contribution in [0.2, 0.25) is 0 Å². The molecule has 3 aliphatic carbocycles. The highest BCUT2D eigenvalue weighted by Crippen LogP contribution is 2.60. The predicted molar refractivity (Wildman–Crippen MR) is 78.0 cm³/mol. The van der Waals surface area contributed by atoms with Gasteiger partial charge >= 0.3 is 0 Å². The highest BCUT2D eigenvalue weighted by atomic mass is 32.2. The van der Waals surface area contributed by atoms with Gasteiger partial charge < -0.3 is 5.32 Å². The molecule has 1 heterocycles. The highest BCUT2D eigenvalue weighted by Gasteiger charge is 2.53. The molecular weight excluding hydrogens is 288 g/mol. The molecule has 21 heavy (non-hydrogen) atoms. The fourth-order valence-electron chi connectivity index (χ4n) is 3.10. The number of sulfonamides is 1. The molecule has 0 spiro atoms. The van der Waals surface area contributed by atoms with Gasteiger partial charge in [0.25, 0.3) is 10.0 Å². The molecule has 0 unspecified atom stereocenters. The second kappa shape index (κ2) is 4.79. The van der Waals surface area contributed by atoms with Crippen molar-refractivity contribution in [3.63, 3.8) is 0 Å². The van der Waals surface area contributed by atoms with E-state index in [4.69, 9.17) is 0 Å². The van der Waals surface area contributed by atoms with Gasteiger partial charge in [-0.3, -0.25) is 5.10 Å². The molecule has 1 aromatic rings. The Balaban J connectivity index is 1.42. The van der Waals surface area contributed by atoms with Crippen molar-refractivity contribution in [3.8, 4) is 0 Å². The van der Waals surface area contributed by atoms with Crippen molar-refractivity contribution < 1.29 is 8.42 Å². The number of H-pyrrole nitrogens is 1. The van der Waals surface area contributed by atoms with Gasteiger partial charge in [-0.15, -0.1) is 0 Å². The summed E-state index contributed by atoms with van der Waals surface area (Å²) < 4.78 is 27.8. The third kappa shape index (κ3) is 2.86. The van der Waals surface area contributed by atoms with Gasteiger partial charge in [0, 0.05) is 24.7 Å². The summed E-state index contributed by atoms with van der Waals surface area (Å²) in [5.74, 6) is 0.748. The summed E-state index contributed by atoms with van der Waals surface area (Å²) in [5, 5.41) is 10.1. The maximum absolute atomic E-state index is 12.5. The lowest BCUT2D eigenvalue weighted by molar-refractivity contribution is 0.431. The molecule has 0 bridgehead atoms. The average molecular weight is 310 g/mol. The van der Waals surface area contributed by atoms with Crippen molar-refractivity contribution in [2.24, 2.45) is 11.3 Å². The highest BCUT2D eigenvalue weighted by molar-refractivity contribution is 7.89. The molecular formula is C14H22N4O2S. The Morgan fingerprint density at radius 2 is 2.05 bits per heavy atom. The second-order valence-corrected chi connectivity index (χ2v) is 8.54. The lowest BCUT2D eigenvalue weighted by Crippen LogP contribution is -2.32.